The van der Waals surface area contributed by atoms with Gasteiger partial charge in [-0.3, -0.25) is 4.79 Å². The number of halogens is 1. The molecule has 2 unspecified atom stereocenters. The molecule has 0 spiro atoms. The van der Waals surface area contributed by atoms with Gasteiger partial charge in [0.2, 0.25) is 5.91 Å². The highest BCUT2D eigenvalue weighted by molar-refractivity contribution is 9.10. The van der Waals surface area contributed by atoms with Crippen LogP contribution in [0.2, 0.25) is 0 Å². The van der Waals surface area contributed by atoms with Gasteiger partial charge in [-0.2, -0.15) is 0 Å². The molecule has 0 bridgehead atoms. The zero-order valence-electron chi connectivity index (χ0n) is 15.3. The van der Waals surface area contributed by atoms with Crippen LogP contribution >= 0.6 is 15.9 Å². The van der Waals surface area contributed by atoms with E-state index in [1.54, 1.807) is 19.1 Å². The molecule has 0 radical (unpaired) electrons. The second-order valence-electron chi connectivity index (χ2n) is 6.59. The summed E-state index contributed by atoms with van der Waals surface area (Å²) < 4.78 is 33.7. The Bertz CT molecular complexity index is 927. The summed E-state index contributed by atoms with van der Waals surface area (Å²) >= 11 is 3.49. The molecule has 5 nitrogen and oxygen atoms in total. The standard InChI is InChI=1S/C20H22BrNO4S/c1-3-26-19-13-16(12-15-6-4-5-7-18(15)21)20(23)22(19)27(24,25)17-10-8-14(2)9-11-17/h4-11,16,19H,3,12-13H2,1-2H3. The molecular weight excluding hydrogens is 430 g/mol. The maximum Gasteiger partial charge on any atom is 0.268 e. The Morgan fingerprint density at radius 3 is 2.44 bits per heavy atom. The monoisotopic (exact) mass is 451 g/mol. The van der Waals surface area contributed by atoms with Gasteiger partial charge in [0, 0.05) is 23.4 Å². The lowest BCUT2D eigenvalue weighted by molar-refractivity contribution is -0.130. The van der Waals surface area contributed by atoms with Crippen LogP contribution in [0.25, 0.3) is 0 Å². The summed E-state index contributed by atoms with van der Waals surface area (Å²) in [5.74, 6) is -0.856. The number of carbonyl (C=O) groups excluding carboxylic acids is 1. The highest BCUT2D eigenvalue weighted by Crippen LogP contribution is 2.34. The molecule has 0 N–H and O–H groups in total. The van der Waals surface area contributed by atoms with E-state index in [1.807, 2.05) is 31.2 Å². The van der Waals surface area contributed by atoms with E-state index in [1.165, 1.54) is 12.1 Å². The minimum absolute atomic E-state index is 0.104. The van der Waals surface area contributed by atoms with Crippen LogP contribution in [0.3, 0.4) is 0 Å². The quantitative estimate of drug-likeness (QED) is 0.667. The maximum atomic E-state index is 13.1. The lowest BCUT2D eigenvalue weighted by atomic mass is 9.98. The molecule has 2 aromatic rings. The molecule has 2 aromatic carbocycles. The number of aryl methyl sites for hydroxylation is 1. The van der Waals surface area contributed by atoms with E-state index in [0.29, 0.717) is 19.4 Å². The average molecular weight is 452 g/mol. The Labute approximate surface area is 168 Å². The first kappa shape index (κ1) is 20.0. The van der Waals surface area contributed by atoms with Gasteiger partial charge in [0.1, 0.15) is 6.23 Å². The van der Waals surface area contributed by atoms with E-state index in [0.717, 1.165) is 19.9 Å². The number of ether oxygens (including phenoxy) is 1. The van der Waals surface area contributed by atoms with E-state index in [-0.39, 0.29) is 4.90 Å². The molecule has 7 heteroatoms. The molecule has 1 heterocycles. The largest absolute Gasteiger partial charge is 0.357 e. The Kier molecular flexibility index (Phi) is 6.03. The molecule has 3 rings (SSSR count). The summed E-state index contributed by atoms with van der Waals surface area (Å²) in [6, 6.07) is 14.2. The van der Waals surface area contributed by atoms with Crippen molar-refractivity contribution in [1.29, 1.82) is 0 Å². The molecule has 1 aliphatic heterocycles. The molecule has 0 aromatic heterocycles. The lowest BCUT2D eigenvalue weighted by Crippen LogP contribution is -2.40. The fourth-order valence-electron chi connectivity index (χ4n) is 3.29. The van der Waals surface area contributed by atoms with Crippen LogP contribution in [0.15, 0.2) is 57.9 Å². The van der Waals surface area contributed by atoms with Gasteiger partial charge < -0.3 is 4.74 Å². The van der Waals surface area contributed by atoms with Gasteiger partial charge in [-0.1, -0.05) is 51.8 Å². The Morgan fingerprint density at radius 1 is 1.15 bits per heavy atom. The highest BCUT2D eigenvalue weighted by Gasteiger charge is 2.47. The molecule has 0 saturated carbocycles. The second kappa shape index (κ2) is 8.12. The molecule has 1 saturated heterocycles. The van der Waals surface area contributed by atoms with Crippen LogP contribution in [0.1, 0.15) is 24.5 Å². The number of amides is 1. The van der Waals surface area contributed by atoms with E-state index < -0.39 is 28.1 Å². The lowest BCUT2D eigenvalue weighted by Gasteiger charge is -2.24. The van der Waals surface area contributed by atoms with Crippen molar-refractivity contribution < 1.29 is 17.9 Å². The van der Waals surface area contributed by atoms with E-state index >= 15 is 0 Å². The maximum absolute atomic E-state index is 13.1. The summed E-state index contributed by atoms with van der Waals surface area (Å²) in [4.78, 5) is 13.1. The van der Waals surface area contributed by atoms with Crippen molar-refractivity contribution in [1.82, 2.24) is 4.31 Å². The van der Waals surface area contributed by atoms with Gasteiger partial charge in [0.15, 0.2) is 0 Å². The fourth-order valence-corrected chi connectivity index (χ4v) is 5.28. The summed E-state index contributed by atoms with van der Waals surface area (Å²) in [6.45, 7) is 4.01. The Hall–Kier alpha value is -1.70. The molecule has 2 atom stereocenters. The van der Waals surface area contributed by atoms with Gasteiger partial charge in [0.05, 0.1) is 4.90 Å². The average Bonchev–Trinajstić information content (AvgIpc) is 2.93. The SMILES string of the molecule is CCOC1CC(Cc2ccccc2Br)C(=O)N1S(=O)(=O)c1ccc(C)cc1. The van der Waals surface area contributed by atoms with E-state index in [9.17, 15) is 13.2 Å². The molecule has 27 heavy (non-hydrogen) atoms. The molecule has 1 aliphatic rings. The first-order valence-electron chi connectivity index (χ1n) is 8.84. The topological polar surface area (TPSA) is 63.7 Å². The number of rotatable bonds is 6. The Morgan fingerprint density at radius 2 is 1.81 bits per heavy atom. The zero-order chi connectivity index (χ0) is 19.6. The summed E-state index contributed by atoms with van der Waals surface area (Å²) in [5, 5.41) is 0. The van der Waals surface area contributed by atoms with Gasteiger partial charge in [-0.15, -0.1) is 0 Å². The van der Waals surface area contributed by atoms with Crippen LogP contribution in [0.5, 0.6) is 0 Å². The van der Waals surface area contributed by atoms with Gasteiger partial charge in [-0.05, 0) is 44.0 Å². The van der Waals surface area contributed by atoms with Gasteiger partial charge in [0.25, 0.3) is 10.0 Å². The van der Waals surface area contributed by atoms with Crippen LogP contribution in [0.4, 0.5) is 0 Å². The van der Waals surface area contributed by atoms with Crippen molar-refractivity contribution >= 4 is 31.9 Å². The predicted octanol–water partition coefficient (Wildman–Crippen LogP) is 3.90. The minimum atomic E-state index is -3.96. The third-order valence-electron chi connectivity index (χ3n) is 4.68. The number of carbonyl (C=O) groups is 1. The van der Waals surface area contributed by atoms with Crippen LogP contribution < -0.4 is 0 Å². The Balaban J connectivity index is 1.92. The van der Waals surface area contributed by atoms with E-state index in [2.05, 4.69) is 15.9 Å². The van der Waals surface area contributed by atoms with Crippen LogP contribution in [0, 0.1) is 12.8 Å². The first-order valence-corrected chi connectivity index (χ1v) is 11.1. The number of nitrogens with zero attached hydrogens (tertiary/aromatic N) is 1. The van der Waals surface area contributed by atoms with Crippen molar-refractivity contribution in [3.05, 3.63) is 64.1 Å². The zero-order valence-corrected chi connectivity index (χ0v) is 17.7. The van der Waals surface area contributed by atoms with Crippen molar-refractivity contribution in [3.63, 3.8) is 0 Å². The van der Waals surface area contributed by atoms with Gasteiger partial charge in [-0.25, -0.2) is 12.7 Å². The molecule has 144 valence electrons. The van der Waals surface area contributed by atoms with Crippen molar-refractivity contribution in [3.8, 4) is 0 Å². The smallest absolute Gasteiger partial charge is 0.268 e. The van der Waals surface area contributed by atoms with Crippen molar-refractivity contribution in [2.24, 2.45) is 5.92 Å². The van der Waals surface area contributed by atoms with E-state index in [4.69, 9.17) is 4.74 Å². The highest BCUT2D eigenvalue weighted by atomic mass is 79.9. The van der Waals surface area contributed by atoms with Crippen molar-refractivity contribution in [2.75, 3.05) is 6.61 Å². The van der Waals surface area contributed by atoms with Crippen LogP contribution in [-0.2, 0) is 26.0 Å². The number of hydrogen-bond acceptors (Lipinski definition) is 4. The normalized spacial score (nSPS) is 20.3. The minimum Gasteiger partial charge on any atom is -0.357 e. The molecular formula is C20H22BrNO4S. The summed E-state index contributed by atoms with van der Waals surface area (Å²) in [5.41, 5.74) is 1.93. The third-order valence-corrected chi connectivity index (χ3v) is 7.25. The molecule has 1 amide bonds. The number of benzene rings is 2. The summed E-state index contributed by atoms with van der Waals surface area (Å²) in [7, 11) is -3.96. The van der Waals surface area contributed by atoms with Gasteiger partial charge >= 0.3 is 0 Å². The predicted molar refractivity (Wildman–Crippen MR) is 107 cm³/mol. The number of hydrogen-bond donors (Lipinski definition) is 0. The van der Waals surface area contributed by atoms with Crippen molar-refractivity contribution in [2.45, 2.75) is 37.8 Å². The third kappa shape index (κ3) is 4.10. The molecule has 1 fully saturated rings. The number of sulfonamides is 1. The first-order chi connectivity index (χ1) is 12.8. The summed E-state index contributed by atoms with van der Waals surface area (Å²) in [6.07, 6.45) is 0.0318. The fraction of sp³-hybridized carbons (Fsp3) is 0.350. The van der Waals surface area contributed by atoms with Crippen LogP contribution in [-0.4, -0.2) is 31.5 Å². The molecule has 0 aliphatic carbocycles. The second-order valence-corrected chi connectivity index (χ2v) is 9.26.